The number of aromatic amines is 1. The maximum Gasteiger partial charge on any atom is 0.131 e. The van der Waals surface area contributed by atoms with Crippen LogP contribution in [0.5, 0.6) is 0 Å². The maximum atomic E-state index is 6.11. The quantitative estimate of drug-likeness (QED) is 0.790. The minimum Gasteiger partial charge on any atom is -0.367 e. The Morgan fingerprint density at radius 3 is 2.95 bits per heavy atom. The molecule has 1 aliphatic heterocycles. The van der Waals surface area contributed by atoms with Gasteiger partial charge in [-0.15, -0.1) is 0 Å². The number of ether oxygens (including phenoxy) is 1. The number of benzene rings is 2. The third-order valence-electron chi connectivity index (χ3n) is 4.64. The number of rotatable bonds is 2. The Hall–Kier alpha value is -2.17. The first-order chi connectivity index (χ1) is 10.7. The van der Waals surface area contributed by atoms with Crippen LogP contribution >= 0.6 is 0 Å². The lowest BCUT2D eigenvalue weighted by Gasteiger charge is -2.42. The van der Waals surface area contributed by atoms with E-state index in [0.29, 0.717) is 0 Å². The van der Waals surface area contributed by atoms with Crippen LogP contribution in [-0.4, -0.2) is 35.8 Å². The average molecular weight is 293 g/mol. The number of likely N-dealkylation sites (N-methyl/N-ethyl adjacent to an activating group) is 1. The molecule has 0 amide bonds. The van der Waals surface area contributed by atoms with E-state index < -0.39 is 5.60 Å². The van der Waals surface area contributed by atoms with Gasteiger partial charge in [0.15, 0.2) is 0 Å². The monoisotopic (exact) mass is 293 g/mol. The van der Waals surface area contributed by atoms with Gasteiger partial charge in [-0.2, -0.15) is 5.10 Å². The smallest absolute Gasteiger partial charge is 0.131 e. The van der Waals surface area contributed by atoms with E-state index in [1.807, 2.05) is 6.20 Å². The third kappa shape index (κ3) is 1.88. The fourth-order valence-corrected chi connectivity index (χ4v) is 3.60. The van der Waals surface area contributed by atoms with E-state index in [1.54, 1.807) is 7.11 Å². The number of fused-ring (bicyclic) bond motifs is 2. The van der Waals surface area contributed by atoms with Gasteiger partial charge in [0.1, 0.15) is 5.60 Å². The van der Waals surface area contributed by atoms with Crippen LogP contribution in [0.2, 0.25) is 0 Å². The van der Waals surface area contributed by atoms with Crippen LogP contribution in [0.3, 0.4) is 0 Å². The second kappa shape index (κ2) is 4.93. The number of aromatic nitrogens is 2. The Balaban J connectivity index is 1.95. The molecule has 22 heavy (non-hydrogen) atoms. The molecule has 0 aliphatic carbocycles. The van der Waals surface area contributed by atoms with Crippen molar-refractivity contribution in [3.63, 3.8) is 0 Å². The molecule has 2 heterocycles. The van der Waals surface area contributed by atoms with Crippen LogP contribution in [0.1, 0.15) is 16.7 Å². The summed E-state index contributed by atoms with van der Waals surface area (Å²) in [5, 5.41) is 8.24. The summed E-state index contributed by atoms with van der Waals surface area (Å²) in [5.74, 6) is 0. The van der Waals surface area contributed by atoms with E-state index in [9.17, 15) is 0 Å². The van der Waals surface area contributed by atoms with Crippen LogP contribution in [0.15, 0.2) is 48.7 Å². The summed E-state index contributed by atoms with van der Waals surface area (Å²) in [4.78, 5) is 2.31. The van der Waals surface area contributed by atoms with Gasteiger partial charge in [-0.05, 0) is 35.9 Å². The van der Waals surface area contributed by atoms with Crippen LogP contribution in [0.25, 0.3) is 10.9 Å². The fraction of sp³-hybridized carbons (Fsp3) is 0.278. The molecule has 2 aromatic carbocycles. The van der Waals surface area contributed by atoms with Gasteiger partial charge in [-0.3, -0.25) is 10.00 Å². The van der Waals surface area contributed by atoms with E-state index in [2.05, 4.69) is 64.6 Å². The van der Waals surface area contributed by atoms with Gasteiger partial charge in [0.2, 0.25) is 0 Å². The molecule has 4 rings (SSSR count). The van der Waals surface area contributed by atoms with Crippen LogP contribution in [0.4, 0.5) is 0 Å². The first kappa shape index (κ1) is 13.5. The molecule has 0 radical (unpaired) electrons. The first-order valence-electron chi connectivity index (χ1n) is 7.49. The average Bonchev–Trinajstić information content (AvgIpc) is 3.01. The molecular formula is C18H19N3O. The van der Waals surface area contributed by atoms with Gasteiger partial charge in [-0.1, -0.05) is 30.3 Å². The van der Waals surface area contributed by atoms with Crippen LogP contribution < -0.4 is 0 Å². The van der Waals surface area contributed by atoms with Gasteiger partial charge in [-0.25, -0.2) is 0 Å². The lowest BCUT2D eigenvalue weighted by Crippen LogP contribution is -2.46. The summed E-state index contributed by atoms with van der Waals surface area (Å²) < 4.78 is 6.11. The van der Waals surface area contributed by atoms with Gasteiger partial charge in [0, 0.05) is 25.6 Å². The van der Waals surface area contributed by atoms with Crippen molar-refractivity contribution in [2.24, 2.45) is 0 Å². The van der Waals surface area contributed by atoms with Gasteiger partial charge < -0.3 is 4.74 Å². The second-order valence-corrected chi connectivity index (χ2v) is 6.03. The Bertz CT molecular complexity index is 826. The lowest BCUT2D eigenvalue weighted by atomic mass is 9.80. The molecule has 1 aromatic heterocycles. The highest BCUT2D eigenvalue weighted by Crippen LogP contribution is 2.40. The highest BCUT2D eigenvalue weighted by molar-refractivity contribution is 5.79. The first-order valence-corrected chi connectivity index (χ1v) is 7.49. The molecule has 0 saturated heterocycles. The van der Waals surface area contributed by atoms with Gasteiger partial charge >= 0.3 is 0 Å². The number of H-pyrrole nitrogens is 1. The van der Waals surface area contributed by atoms with Crippen molar-refractivity contribution in [1.29, 1.82) is 0 Å². The Labute approximate surface area is 129 Å². The predicted molar refractivity (Wildman–Crippen MR) is 86.7 cm³/mol. The molecule has 0 spiro atoms. The molecule has 0 fully saturated rings. The van der Waals surface area contributed by atoms with Crippen molar-refractivity contribution >= 4 is 10.9 Å². The number of methoxy groups -OCH3 is 1. The van der Waals surface area contributed by atoms with Crippen molar-refractivity contribution in [3.8, 4) is 0 Å². The predicted octanol–water partition coefficient (Wildman–Crippen LogP) is 2.90. The van der Waals surface area contributed by atoms with Crippen LogP contribution in [-0.2, 0) is 16.9 Å². The molecule has 1 N–H and O–H groups in total. The molecule has 1 atom stereocenters. The van der Waals surface area contributed by atoms with E-state index in [1.165, 1.54) is 16.7 Å². The highest BCUT2D eigenvalue weighted by atomic mass is 16.5. The molecule has 0 saturated carbocycles. The molecule has 4 heteroatoms. The molecule has 112 valence electrons. The minimum absolute atomic E-state index is 0.435. The zero-order chi connectivity index (χ0) is 15.2. The fourth-order valence-electron chi connectivity index (χ4n) is 3.60. The van der Waals surface area contributed by atoms with Crippen molar-refractivity contribution in [1.82, 2.24) is 15.1 Å². The SMILES string of the molecule is COC1(c2ccc3[nH]ncc3c2)CN(C)Cc2ccccc21. The number of hydrogen-bond acceptors (Lipinski definition) is 3. The van der Waals surface area contributed by atoms with Crippen molar-refractivity contribution in [3.05, 3.63) is 65.4 Å². The maximum absolute atomic E-state index is 6.11. The van der Waals surface area contributed by atoms with Gasteiger partial charge in [0.25, 0.3) is 0 Å². The zero-order valence-corrected chi connectivity index (χ0v) is 12.8. The molecule has 3 aromatic rings. The Morgan fingerprint density at radius 2 is 2.09 bits per heavy atom. The Kier molecular flexibility index (Phi) is 3.03. The van der Waals surface area contributed by atoms with E-state index in [4.69, 9.17) is 4.74 Å². The van der Waals surface area contributed by atoms with Crippen molar-refractivity contribution in [2.75, 3.05) is 20.7 Å². The van der Waals surface area contributed by atoms with E-state index >= 15 is 0 Å². The highest BCUT2D eigenvalue weighted by Gasteiger charge is 2.40. The standard InChI is InChI=1S/C18H19N3O/c1-21-11-13-5-3-4-6-16(13)18(12-21,22-2)15-7-8-17-14(9-15)10-19-20-17/h3-10H,11-12H2,1-2H3,(H,19,20). The summed E-state index contributed by atoms with van der Waals surface area (Å²) in [6.07, 6.45) is 1.86. The molecule has 1 aliphatic rings. The number of nitrogens with one attached hydrogen (secondary N) is 1. The summed E-state index contributed by atoms with van der Waals surface area (Å²) in [6, 6.07) is 15.0. The van der Waals surface area contributed by atoms with Crippen molar-refractivity contribution < 1.29 is 4.74 Å². The number of hydrogen-bond donors (Lipinski definition) is 1. The summed E-state index contributed by atoms with van der Waals surface area (Å²) in [7, 11) is 3.94. The third-order valence-corrected chi connectivity index (χ3v) is 4.64. The van der Waals surface area contributed by atoms with Crippen molar-refractivity contribution in [2.45, 2.75) is 12.1 Å². The van der Waals surface area contributed by atoms with E-state index in [0.717, 1.165) is 24.0 Å². The normalized spacial score (nSPS) is 21.9. The minimum atomic E-state index is -0.435. The molecule has 0 bridgehead atoms. The summed E-state index contributed by atoms with van der Waals surface area (Å²) in [6.45, 7) is 1.79. The molecule has 4 nitrogen and oxygen atoms in total. The second-order valence-electron chi connectivity index (χ2n) is 6.03. The topological polar surface area (TPSA) is 41.1 Å². The summed E-state index contributed by atoms with van der Waals surface area (Å²) in [5.41, 5.74) is 4.37. The largest absolute Gasteiger partial charge is 0.367 e. The number of nitrogens with zero attached hydrogens (tertiary/aromatic N) is 2. The van der Waals surface area contributed by atoms with E-state index in [-0.39, 0.29) is 0 Å². The molecular weight excluding hydrogens is 274 g/mol. The lowest BCUT2D eigenvalue weighted by molar-refractivity contribution is -0.0153. The Morgan fingerprint density at radius 1 is 1.23 bits per heavy atom. The molecule has 1 unspecified atom stereocenters. The zero-order valence-electron chi connectivity index (χ0n) is 12.8. The van der Waals surface area contributed by atoms with Gasteiger partial charge in [0.05, 0.1) is 11.7 Å². The van der Waals surface area contributed by atoms with Crippen LogP contribution in [0, 0.1) is 0 Å². The summed E-state index contributed by atoms with van der Waals surface area (Å²) >= 11 is 0.